The molecule has 156 valence electrons. The quantitative estimate of drug-likeness (QED) is 0.588. The summed E-state index contributed by atoms with van der Waals surface area (Å²) in [6.07, 6.45) is 2.17. The van der Waals surface area contributed by atoms with Crippen LogP contribution in [0.4, 0.5) is 5.95 Å². The lowest BCUT2D eigenvalue weighted by Gasteiger charge is -2.33. The molecule has 0 amide bonds. The smallest absolute Gasteiger partial charge is 0.309 e. The Labute approximate surface area is 176 Å². The van der Waals surface area contributed by atoms with Gasteiger partial charge in [-0.3, -0.25) is 14.2 Å². The Morgan fingerprint density at radius 3 is 2.50 bits per heavy atom. The minimum atomic E-state index is -0.120. The van der Waals surface area contributed by atoms with Crippen LogP contribution in [0.15, 0.2) is 59.4 Å². The van der Waals surface area contributed by atoms with E-state index in [-0.39, 0.29) is 17.4 Å². The minimum absolute atomic E-state index is 0.0148. The van der Waals surface area contributed by atoms with Gasteiger partial charge in [0.1, 0.15) is 0 Å². The lowest BCUT2D eigenvalue weighted by Crippen LogP contribution is -2.41. The normalized spacial score (nSPS) is 14.8. The number of carbonyl (C=O) groups excluding carboxylic acids is 1. The summed E-state index contributed by atoms with van der Waals surface area (Å²) in [6.45, 7) is 4.16. The first-order chi connectivity index (χ1) is 14.7. The van der Waals surface area contributed by atoms with E-state index >= 15 is 0 Å². The third kappa shape index (κ3) is 4.22. The number of fused-ring (bicyclic) bond motifs is 1. The molecule has 0 bridgehead atoms. The number of hydrogen-bond donors (Lipinski definition) is 0. The molecule has 0 N–H and O–H groups in total. The lowest BCUT2D eigenvalue weighted by molar-refractivity contribution is -0.148. The van der Waals surface area contributed by atoms with Gasteiger partial charge in [0.15, 0.2) is 0 Å². The molecule has 1 aromatic heterocycles. The van der Waals surface area contributed by atoms with Crippen molar-refractivity contribution in [2.24, 2.45) is 5.92 Å². The molecule has 6 heteroatoms. The molecule has 3 aromatic rings. The van der Waals surface area contributed by atoms with Gasteiger partial charge in [0.2, 0.25) is 5.95 Å². The van der Waals surface area contributed by atoms with E-state index in [9.17, 15) is 9.59 Å². The molecule has 2 heterocycles. The number of esters is 1. The zero-order valence-electron chi connectivity index (χ0n) is 17.3. The Balaban J connectivity index is 1.63. The van der Waals surface area contributed by atoms with Crippen LogP contribution in [0.1, 0.15) is 25.3 Å². The number of anilines is 1. The summed E-state index contributed by atoms with van der Waals surface area (Å²) < 4.78 is 6.97. The SMILES string of the molecule is CCOC(=O)C1CCN(c2nc3ccccc3c(=O)n2CCc2ccccc2)CC1. The monoisotopic (exact) mass is 405 g/mol. The first kappa shape index (κ1) is 20.1. The number of hydrogen-bond acceptors (Lipinski definition) is 5. The van der Waals surface area contributed by atoms with E-state index in [1.807, 2.05) is 49.4 Å². The Bertz CT molecular complexity index is 1070. The van der Waals surface area contributed by atoms with Crippen LogP contribution in [-0.2, 0) is 22.5 Å². The van der Waals surface area contributed by atoms with E-state index in [2.05, 4.69) is 17.0 Å². The first-order valence-corrected chi connectivity index (χ1v) is 10.6. The standard InChI is InChI=1S/C24H27N3O3/c1-2-30-23(29)19-13-15-26(16-14-19)24-25-21-11-7-6-10-20(21)22(28)27(24)17-12-18-8-4-3-5-9-18/h3-11,19H,2,12-17H2,1H3. The molecule has 1 aliphatic heterocycles. The minimum Gasteiger partial charge on any atom is -0.466 e. The highest BCUT2D eigenvalue weighted by molar-refractivity contribution is 5.78. The van der Waals surface area contributed by atoms with Gasteiger partial charge in [0.05, 0.1) is 23.4 Å². The maximum atomic E-state index is 13.3. The molecule has 0 saturated carbocycles. The van der Waals surface area contributed by atoms with Crippen molar-refractivity contribution >= 4 is 22.8 Å². The molecule has 0 spiro atoms. The van der Waals surface area contributed by atoms with E-state index in [0.29, 0.717) is 55.9 Å². The largest absolute Gasteiger partial charge is 0.466 e. The number of rotatable bonds is 6. The summed E-state index contributed by atoms with van der Waals surface area (Å²) in [7, 11) is 0. The van der Waals surface area contributed by atoms with Gasteiger partial charge in [-0.1, -0.05) is 42.5 Å². The fourth-order valence-corrected chi connectivity index (χ4v) is 4.06. The molecule has 1 fully saturated rings. The average molecular weight is 405 g/mol. The third-order valence-corrected chi connectivity index (χ3v) is 5.71. The van der Waals surface area contributed by atoms with Crippen LogP contribution in [0.25, 0.3) is 10.9 Å². The van der Waals surface area contributed by atoms with Crippen LogP contribution < -0.4 is 10.5 Å². The van der Waals surface area contributed by atoms with Crippen molar-refractivity contribution in [2.75, 3.05) is 24.6 Å². The van der Waals surface area contributed by atoms with Crippen LogP contribution in [0.2, 0.25) is 0 Å². The van der Waals surface area contributed by atoms with Crippen molar-refractivity contribution in [3.05, 3.63) is 70.5 Å². The van der Waals surface area contributed by atoms with Crippen molar-refractivity contribution in [1.82, 2.24) is 9.55 Å². The van der Waals surface area contributed by atoms with E-state index in [0.717, 1.165) is 6.42 Å². The van der Waals surface area contributed by atoms with Crippen molar-refractivity contribution in [2.45, 2.75) is 32.7 Å². The molecular formula is C24H27N3O3. The van der Waals surface area contributed by atoms with Gasteiger partial charge >= 0.3 is 5.97 Å². The van der Waals surface area contributed by atoms with Crippen LogP contribution in [-0.4, -0.2) is 35.2 Å². The molecule has 1 saturated heterocycles. The Hall–Kier alpha value is -3.15. The molecule has 4 rings (SSSR count). The molecule has 1 aliphatic rings. The van der Waals surface area contributed by atoms with Crippen molar-refractivity contribution in [3.63, 3.8) is 0 Å². The van der Waals surface area contributed by atoms with Crippen LogP contribution in [0, 0.1) is 5.92 Å². The maximum Gasteiger partial charge on any atom is 0.309 e. The van der Waals surface area contributed by atoms with Gasteiger partial charge in [-0.15, -0.1) is 0 Å². The second kappa shape index (κ2) is 9.11. The Morgan fingerprint density at radius 2 is 1.77 bits per heavy atom. The Kier molecular flexibility index (Phi) is 6.12. The number of aromatic nitrogens is 2. The zero-order valence-corrected chi connectivity index (χ0v) is 17.3. The van der Waals surface area contributed by atoms with Crippen molar-refractivity contribution in [3.8, 4) is 0 Å². The van der Waals surface area contributed by atoms with Gasteiger partial charge in [-0.2, -0.15) is 0 Å². The summed E-state index contributed by atoms with van der Waals surface area (Å²) in [5, 5.41) is 0.635. The summed E-state index contributed by atoms with van der Waals surface area (Å²) in [5.41, 5.74) is 1.88. The Morgan fingerprint density at radius 1 is 1.07 bits per heavy atom. The molecule has 2 aromatic carbocycles. The third-order valence-electron chi connectivity index (χ3n) is 5.71. The number of piperidine rings is 1. The molecule has 0 atom stereocenters. The van der Waals surface area contributed by atoms with Crippen molar-refractivity contribution in [1.29, 1.82) is 0 Å². The highest BCUT2D eigenvalue weighted by Gasteiger charge is 2.28. The van der Waals surface area contributed by atoms with Crippen molar-refractivity contribution < 1.29 is 9.53 Å². The van der Waals surface area contributed by atoms with Crippen LogP contribution in [0.5, 0.6) is 0 Å². The van der Waals surface area contributed by atoms with Gasteiger partial charge < -0.3 is 9.64 Å². The molecular weight excluding hydrogens is 378 g/mol. The summed E-state index contributed by atoms with van der Waals surface area (Å²) in [5.74, 6) is 0.494. The van der Waals surface area contributed by atoms with E-state index in [4.69, 9.17) is 9.72 Å². The summed E-state index contributed by atoms with van der Waals surface area (Å²) in [4.78, 5) is 32.4. The number of aryl methyl sites for hydroxylation is 1. The second-order valence-electron chi connectivity index (χ2n) is 7.63. The van der Waals surface area contributed by atoms with Gasteiger partial charge in [-0.25, -0.2) is 4.98 Å². The molecule has 6 nitrogen and oxygen atoms in total. The summed E-state index contributed by atoms with van der Waals surface area (Å²) >= 11 is 0. The molecule has 0 radical (unpaired) electrons. The number of nitrogens with zero attached hydrogens (tertiary/aromatic N) is 3. The van der Waals surface area contributed by atoms with E-state index in [1.54, 1.807) is 4.57 Å². The molecule has 0 aliphatic carbocycles. The number of para-hydroxylation sites is 1. The lowest BCUT2D eigenvalue weighted by atomic mass is 9.97. The molecule has 0 unspecified atom stereocenters. The predicted molar refractivity (Wildman–Crippen MR) is 118 cm³/mol. The van der Waals surface area contributed by atoms with E-state index < -0.39 is 0 Å². The molecule has 30 heavy (non-hydrogen) atoms. The number of benzene rings is 2. The maximum absolute atomic E-state index is 13.3. The highest BCUT2D eigenvalue weighted by Crippen LogP contribution is 2.24. The van der Waals surface area contributed by atoms with Gasteiger partial charge in [0, 0.05) is 19.6 Å². The first-order valence-electron chi connectivity index (χ1n) is 10.6. The van der Waals surface area contributed by atoms with Gasteiger partial charge in [0.25, 0.3) is 5.56 Å². The highest BCUT2D eigenvalue weighted by atomic mass is 16.5. The number of carbonyl (C=O) groups is 1. The summed E-state index contributed by atoms with van der Waals surface area (Å²) in [6, 6.07) is 17.7. The van der Waals surface area contributed by atoms with Crippen LogP contribution >= 0.6 is 0 Å². The second-order valence-corrected chi connectivity index (χ2v) is 7.63. The fourth-order valence-electron chi connectivity index (χ4n) is 4.06. The zero-order chi connectivity index (χ0) is 20.9. The van der Waals surface area contributed by atoms with E-state index in [1.165, 1.54) is 5.56 Å². The van der Waals surface area contributed by atoms with Gasteiger partial charge in [-0.05, 0) is 43.9 Å². The predicted octanol–water partition coefficient (Wildman–Crippen LogP) is 3.42. The topological polar surface area (TPSA) is 64.4 Å². The average Bonchev–Trinajstić information content (AvgIpc) is 2.79. The number of ether oxygens (including phenoxy) is 1. The van der Waals surface area contributed by atoms with Crippen LogP contribution in [0.3, 0.4) is 0 Å². The fraction of sp³-hybridized carbons (Fsp3) is 0.375.